The Bertz CT molecular complexity index is 385. The van der Waals surface area contributed by atoms with Crippen LogP contribution in [0.3, 0.4) is 0 Å². The van der Waals surface area contributed by atoms with Gasteiger partial charge in [0.25, 0.3) is 0 Å². The first kappa shape index (κ1) is 13.1. The predicted octanol–water partition coefficient (Wildman–Crippen LogP) is 2.48. The second-order valence-electron chi connectivity index (χ2n) is 4.95. The summed E-state index contributed by atoms with van der Waals surface area (Å²) in [5.74, 6) is 0.0654. The van der Waals surface area contributed by atoms with Crippen molar-refractivity contribution in [2.45, 2.75) is 44.7 Å². The molecule has 3 nitrogen and oxygen atoms in total. The lowest BCUT2D eigenvalue weighted by molar-refractivity contribution is -0.134. The maximum absolute atomic E-state index is 12.5. The minimum atomic E-state index is -0.522. The minimum absolute atomic E-state index is 0.0654. The van der Waals surface area contributed by atoms with Crippen molar-refractivity contribution in [1.29, 1.82) is 0 Å². The van der Waals surface area contributed by atoms with E-state index in [9.17, 15) is 4.79 Å². The number of hydrogen-bond acceptors (Lipinski definition) is 2. The van der Waals surface area contributed by atoms with Crippen molar-refractivity contribution in [3.63, 3.8) is 0 Å². The molecule has 0 aliphatic heterocycles. The zero-order valence-corrected chi connectivity index (χ0v) is 11.0. The largest absolute Gasteiger partial charge is 0.338 e. The molecule has 1 fully saturated rings. The van der Waals surface area contributed by atoms with Crippen LogP contribution in [0.5, 0.6) is 0 Å². The van der Waals surface area contributed by atoms with Crippen LogP contribution < -0.4 is 5.73 Å². The van der Waals surface area contributed by atoms with Gasteiger partial charge >= 0.3 is 0 Å². The number of rotatable bonds is 4. The number of benzene rings is 1. The molecule has 0 spiro atoms. The molecular formula is C15H22N2O. The third-order valence-electron chi connectivity index (χ3n) is 3.81. The van der Waals surface area contributed by atoms with E-state index in [-0.39, 0.29) is 5.91 Å². The van der Waals surface area contributed by atoms with Crippen LogP contribution in [0, 0.1) is 0 Å². The number of hydrogen-bond donors (Lipinski definition) is 1. The number of amides is 1. The Morgan fingerprint density at radius 2 is 1.94 bits per heavy atom. The summed E-state index contributed by atoms with van der Waals surface area (Å²) in [6, 6.07) is 9.51. The van der Waals surface area contributed by atoms with Gasteiger partial charge < -0.3 is 10.6 Å². The Balaban J connectivity index is 2.09. The van der Waals surface area contributed by atoms with Crippen LogP contribution in [0.2, 0.25) is 0 Å². The highest BCUT2D eigenvalue weighted by molar-refractivity contribution is 5.83. The maximum atomic E-state index is 12.5. The quantitative estimate of drug-likeness (QED) is 0.887. The van der Waals surface area contributed by atoms with E-state index >= 15 is 0 Å². The Morgan fingerprint density at radius 3 is 2.50 bits per heavy atom. The molecule has 1 aliphatic rings. The fourth-order valence-electron chi connectivity index (χ4n) is 2.79. The molecule has 3 heteroatoms. The molecule has 2 rings (SSSR count). The van der Waals surface area contributed by atoms with Crippen molar-refractivity contribution >= 4 is 5.91 Å². The lowest BCUT2D eigenvalue weighted by Crippen LogP contribution is -2.43. The topological polar surface area (TPSA) is 46.3 Å². The van der Waals surface area contributed by atoms with Gasteiger partial charge in [0.05, 0.1) is 0 Å². The molecule has 18 heavy (non-hydrogen) atoms. The fraction of sp³-hybridized carbons (Fsp3) is 0.533. The summed E-state index contributed by atoms with van der Waals surface area (Å²) in [6.45, 7) is 2.79. The van der Waals surface area contributed by atoms with E-state index in [2.05, 4.69) is 0 Å². The van der Waals surface area contributed by atoms with Gasteiger partial charge in [0, 0.05) is 12.6 Å². The van der Waals surface area contributed by atoms with Gasteiger partial charge in [-0.2, -0.15) is 0 Å². The Morgan fingerprint density at radius 1 is 1.33 bits per heavy atom. The molecule has 0 aromatic heterocycles. The molecular weight excluding hydrogens is 224 g/mol. The molecule has 1 atom stereocenters. The van der Waals surface area contributed by atoms with E-state index in [0.29, 0.717) is 6.04 Å². The molecule has 0 unspecified atom stereocenters. The van der Waals surface area contributed by atoms with Crippen molar-refractivity contribution in [3.8, 4) is 0 Å². The summed E-state index contributed by atoms with van der Waals surface area (Å²) in [6.07, 6.45) is 4.71. The number of carbonyl (C=O) groups excluding carboxylic acids is 1. The second-order valence-corrected chi connectivity index (χ2v) is 4.95. The van der Waals surface area contributed by atoms with Crippen LogP contribution in [-0.4, -0.2) is 23.4 Å². The monoisotopic (exact) mass is 246 g/mol. The molecule has 2 N–H and O–H groups in total. The Labute approximate surface area is 109 Å². The molecule has 1 aromatic carbocycles. The number of likely N-dealkylation sites (N-methyl/N-ethyl adjacent to an activating group) is 1. The normalized spacial score (nSPS) is 17.7. The Hall–Kier alpha value is -1.35. The maximum Gasteiger partial charge on any atom is 0.244 e. The molecule has 0 heterocycles. The van der Waals surface area contributed by atoms with E-state index < -0.39 is 6.04 Å². The summed E-state index contributed by atoms with van der Waals surface area (Å²) in [5.41, 5.74) is 6.99. The molecule has 1 aromatic rings. The lowest BCUT2D eigenvalue weighted by atomic mass is 10.1. The first-order valence-corrected chi connectivity index (χ1v) is 6.85. The van der Waals surface area contributed by atoms with Gasteiger partial charge in [-0.15, -0.1) is 0 Å². The van der Waals surface area contributed by atoms with Gasteiger partial charge in [-0.1, -0.05) is 43.2 Å². The van der Waals surface area contributed by atoms with Crippen molar-refractivity contribution in [1.82, 2.24) is 4.90 Å². The smallest absolute Gasteiger partial charge is 0.244 e. The van der Waals surface area contributed by atoms with Crippen molar-refractivity contribution in [2.24, 2.45) is 5.73 Å². The number of nitrogens with two attached hydrogens (primary N) is 1. The second kappa shape index (κ2) is 6.01. The van der Waals surface area contributed by atoms with Gasteiger partial charge in [-0.3, -0.25) is 4.79 Å². The SMILES string of the molecule is CCN(C(=O)[C@H](N)c1ccccc1)C1CCCC1. The molecule has 1 saturated carbocycles. The summed E-state index contributed by atoms with van der Waals surface area (Å²) in [4.78, 5) is 14.4. The van der Waals surface area contributed by atoms with Crippen molar-refractivity contribution in [3.05, 3.63) is 35.9 Å². The number of carbonyl (C=O) groups is 1. The van der Waals surface area contributed by atoms with Gasteiger partial charge in [0.15, 0.2) is 0 Å². The molecule has 0 radical (unpaired) electrons. The summed E-state index contributed by atoms with van der Waals surface area (Å²) in [7, 11) is 0. The summed E-state index contributed by atoms with van der Waals surface area (Å²) in [5, 5.41) is 0. The van der Waals surface area contributed by atoms with Crippen LogP contribution in [0.15, 0.2) is 30.3 Å². The van der Waals surface area contributed by atoms with E-state index in [1.54, 1.807) is 0 Å². The molecule has 98 valence electrons. The van der Waals surface area contributed by atoms with Crippen LogP contribution in [-0.2, 0) is 4.79 Å². The summed E-state index contributed by atoms with van der Waals surface area (Å²) < 4.78 is 0. The van der Waals surface area contributed by atoms with E-state index in [0.717, 1.165) is 24.9 Å². The van der Waals surface area contributed by atoms with Crippen molar-refractivity contribution < 1.29 is 4.79 Å². The highest BCUT2D eigenvalue weighted by Crippen LogP contribution is 2.25. The molecule has 1 amide bonds. The zero-order chi connectivity index (χ0) is 13.0. The first-order chi connectivity index (χ1) is 8.74. The van der Waals surface area contributed by atoms with Crippen LogP contribution >= 0.6 is 0 Å². The number of nitrogens with zero attached hydrogens (tertiary/aromatic N) is 1. The van der Waals surface area contributed by atoms with Gasteiger partial charge in [0.1, 0.15) is 6.04 Å². The van der Waals surface area contributed by atoms with Gasteiger partial charge in [-0.25, -0.2) is 0 Å². The third-order valence-corrected chi connectivity index (χ3v) is 3.81. The van der Waals surface area contributed by atoms with Gasteiger partial charge in [-0.05, 0) is 25.3 Å². The van der Waals surface area contributed by atoms with Gasteiger partial charge in [0.2, 0.25) is 5.91 Å². The van der Waals surface area contributed by atoms with Crippen LogP contribution in [0.1, 0.15) is 44.2 Å². The summed E-state index contributed by atoms with van der Waals surface area (Å²) >= 11 is 0. The highest BCUT2D eigenvalue weighted by atomic mass is 16.2. The molecule has 1 aliphatic carbocycles. The van der Waals surface area contributed by atoms with Crippen molar-refractivity contribution in [2.75, 3.05) is 6.54 Å². The lowest BCUT2D eigenvalue weighted by Gasteiger charge is -2.30. The fourth-order valence-corrected chi connectivity index (χ4v) is 2.79. The van der Waals surface area contributed by atoms with Crippen LogP contribution in [0.25, 0.3) is 0 Å². The average molecular weight is 246 g/mol. The Kier molecular flexibility index (Phi) is 4.37. The predicted molar refractivity (Wildman–Crippen MR) is 73.0 cm³/mol. The minimum Gasteiger partial charge on any atom is -0.338 e. The molecule has 0 saturated heterocycles. The van der Waals surface area contributed by atoms with E-state index in [4.69, 9.17) is 5.73 Å². The zero-order valence-electron chi connectivity index (χ0n) is 11.0. The molecule has 0 bridgehead atoms. The third kappa shape index (κ3) is 2.72. The standard InChI is InChI=1S/C15H22N2O/c1-2-17(13-10-6-7-11-13)15(18)14(16)12-8-4-3-5-9-12/h3-5,8-9,13-14H,2,6-7,10-11,16H2,1H3/t14-/m1/s1. The van der Waals surface area contributed by atoms with Crippen LogP contribution in [0.4, 0.5) is 0 Å². The van der Waals surface area contributed by atoms with E-state index in [1.807, 2.05) is 42.2 Å². The van der Waals surface area contributed by atoms with E-state index in [1.165, 1.54) is 12.8 Å². The average Bonchev–Trinajstić information content (AvgIpc) is 2.93. The first-order valence-electron chi connectivity index (χ1n) is 6.85. The highest BCUT2D eigenvalue weighted by Gasteiger charge is 2.29.